The minimum Gasteiger partial charge on any atom is -0.328 e. The molecule has 0 radical (unpaired) electrons. The molecule has 1 aromatic heterocycles. The highest BCUT2D eigenvalue weighted by molar-refractivity contribution is 5.74. The number of carbonyl (C=O) groups excluding carboxylic acids is 1. The van der Waals surface area contributed by atoms with Gasteiger partial charge in [-0.3, -0.25) is 0 Å². The van der Waals surface area contributed by atoms with Crippen LogP contribution in [0.15, 0.2) is 36.7 Å². The van der Waals surface area contributed by atoms with E-state index in [9.17, 15) is 4.79 Å². The Kier molecular flexibility index (Phi) is 4.60. The molecule has 0 saturated carbocycles. The van der Waals surface area contributed by atoms with E-state index >= 15 is 0 Å². The molecule has 2 aromatic rings. The van der Waals surface area contributed by atoms with Crippen LogP contribution in [0.1, 0.15) is 43.1 Å². The van der Waals surface area contributed by atoms with Gasteiger partial charge in [0.1, 0.15) is 6.33 Å². The fourth-order valence-corrected chi connectivity index (χ4v) is 3.17. The monoisotopic (exact) mass is 313 g/mol. The maximum Gasteiger partial charge on any atom is 0.317 e. The van der Waals surface area contributed by atoms with Crippen LogP contribution in [-0.2, 0) is 7.05 Å². The van der Waals surface area contributed by atoms with Gasteiger partial charge < -0.3 is 14.8 Å². The van der Waals surface area contributed by atoms with Crippen molar-refractivity contribution in [2.75, 3.05) is 13.1 Å². The highest BCUT2D eigenvalue weighted by Gasteiger charge is 2.25. The second-order valence-electron chi connectivity index (χ2n) is 6.14. The minimum absolute atomic E-state index is 0.0213. The summed E-state index contributed by atoms with van der Waals surface area (Å²) < 4.78 is 1.83. The van der Waals surface area contributed by atoms with Crippen LogP contribution in [0.3, 0.4) is 0 Å². The lowest BCUT2D eigenvalue weighted by atomic mass is 9.90. The number of benzene rings is 1. The Morgan fingerprint density at radius 3 is 2.57 bits per heavy atom. The van der Waals surface area contributed by atoms with Crippen molar-refractivity contribution >= 4 is 6.03 Å². The zero-order valence-electron chi connectivity index (χ0n) is 13.6. The van der Waals surface area contributed by atoms with Crippen molar-refractivity contribution in [1.82, 2.24) is 25.0 Å². The fourth-order valence-electron chi connectivity index (χ4n) is 3.17. The van der Waals surface area contributed by atoms with E-state index < -0.39 is 0 Å². The van der Waals surface area contributed by atoms with Gasteiger partial charge in [0, 0.05) is 20.1 Å². The molecule has 1 saturated heterocycles. The van der Waals surface area contributed by atoms with Gasteiger partial charge in [0.25, 0.3) is 0 Å². The van der Waals surface area contributed by atoms with Gasteiger partial charge in [-0.25, -0.2) is 4.79 Å². The van der Waals surface area contributed by atoms with Crippen molar-refractivity contribution in [3.8, 4) is 0 Å². The molecular weight excluding hydrogens is 290 g/mol. The number of hydrogen-bond donors (Lipinski definition) is 1. The summed E-state index contributed by atoms with van der Waals surface area (Å²) in [5.74, 6) is 1.31. The van der Waals surface area contributed by atoms with Gasteiger partial charge in [0.15, 0.2) is 5.82 Å². The molecule has 2 amide bonds. The predicted molar refractivity (Wildman–Crippen MR) is 87.9 cm³/mol. The zero-order chi connectivity index (χ0) is 16.2. The van der Waals surface area contributed by atoms with Crippen molar-refractivity contribution in [2.24, 2.45) is 7.05 Å². The van der Waals surface area contributed by atoms with E-state index in [0.29, 0.717) is 5.92 Å². The van der Waals surface area contributed by atoms with E-state index in [1.54, 1.807) is 6.33 Å². The average molecular weight is 313 g/mol. The van der Waals surface area contributed by atoms with Crippen molar-refractivity contribution in [3.05, 3.63) is 48.0 Å². The Bertz CT molecular complexity index is 646. The fraction of sp³-hybridized carbons (Fsp3) is 0.471. The average Bonchev–Trinajstić information content (AvgIpc) is 3.02. The van der Waals surface area contributed by atoms with Crippen LogP contribution in [-0.4, -0.2) is 38.8 Å². The molecule has 3 rings (SSSR count). The van der Waals surface area contributed by atoms with Crippen LogP contribution in [0.2, 0.25) is 0 Å². The number of nitrogens with one attached hydrogen (secondary N) is 1. The van der Waals surface area contributed by atoms with E-state index in [2.05, 4.69) is 39.8 Å². The number of aryl methyl sites for hydroxylation is 1. The number of aromatic nitrogens is 3. The van der Waals surface area contributed by atoms with Gasteiger partial charge >= 0.3 is 6.03 Å². The normalized spacial score (nSPS) is 17.0. The molecule has 1 N–H and O–H groups in total. The highest BCUT2D eigenvalue weighted by Crippen LogP contribution is 2.27. The summed E-state index contributed by atoms with van der Waals surface area (Å²) in [6.07, 6.45) is 3.66. The molecule has 0 unspecified atom stereocenters. The first-order valence-corrected chi connectivity index (χ1v) is 8.09. The molecular formula is C17H23N5O. The van der Waals surface area contributed by atoms with E-state index in [1.807, 2.05) is 29.5 Å². The summed E-state index contributed by atoms with van der Waals surface area (Å²) in [6.45, 7) is 3.51. The van der Waals surface area contributed by atoms with Crippen molar-refractivity contribution in [3.63, 3.8) is 0 Å². The predicted octanol–water partition coefficient (Wildman–Crippen LogP) is 2.47. The summed E-state index contributed by atoms with van der Waals surface area (Å²) >= 11 is 0. The van der Waals surface area contributed by atoms with Gasteiger partial charge in [-0.1, -0.05) is 30.3 Å². The van der Waals surface area contributed by atoms with Gasteiger partial charge in [0.05, 0.1) is 6.04 Å². The summed E-state index contributed by atoms with van der Waals surface area (Å²) in [4.78, 5) is 14.3. The van der Waals surface area contributed by atoms with E-state index in [4.69, 9.17) is 0 Å². The number of nitrogens with zero attached hydrogens (tertiary/aromatic N) is 4. The smallest absolute Gasteiger partial charge is 0.317 e. The number of piperidine rings is 1. The quantitative estimate of drug-likeness (QED) is 0.947. The first-order chi connectivity index (χ1) is 11.1. The van der Waals surface area contributed by atoms with Gasteiger partial charge in [-0.05, 0) is 31.2 Å². The molecule has 1 atom stereocenters. The van der Waals surface area contributed by atoms with Crippen LogP contribution >= 0.6 is 0 Å². The maximum atomic E-state index is 12.4. The molecule has 122 valence electrons. The molecule has 23 heavy (non-hydrogen) atoms. The first kappa shape index (κ1) is 15.5. The Balaban J connectivity index is 1.53. The Hall–Kier alpha value is -2.37. The molecule has 6 nitrogen and oxygen atoms in total. The van der Waals surface area contributed by atoms with Gasteiger partial charge in [0.2, 0.25) is 0 Å². The highest BCUT2D eigenvalue weighted by atomic mass is 16.2. The van der Waals surface area contributed by atoms with Crippen molar-refractivity contribution in [1.29, 1.82) is 0 Å². The molecule has 0 bridgehead atoms. The lowest BCUT2D eigenvalue weighted by molar-refractivity contribution is 0.178. The molecule has 0 spiro atoms. The molecule has 1 aromatic carbocycles. The second kappa shape index (κ2) is 6.81. The molecule has 0 aliphatic carbocycles. The van der Waals surface area contributed by atoms with E-state index in [0.717, 1.165) is 31.8 Å². The van der Waals surface area contributed by atoms with E-state index in [-0.39, 0.29) is 12.1 Å². The number of urea groups is 1. The van der Waals surface area contributed by atoms with Crippen molar-refractivity contribution in [2.45, 2.75) is 31.7 Å². The van der Waals surface area contributed by atoms with Crippen LogP contribution in [0.5, 0.6) is 0 Å². The molecule has 6 heteroatoms. The Morgan fingerprint density at radius 2 is 1.96 bits per heavy atom. The third-order valence-corrected chi connectivity index (χ3v) is 4.53. The number of hydrogen-bond acceptors (Lipinski definition) is 3. The van der Waals surface area contributed by atoms with Crippen LogP contribution in [0.4, 0.5) is 4.79 Å². The number of rotatable bonds is 3. The SMILES string of the molecule is C[C@@H](NC(=O)N1CCC(c2ccccc2)CC1)c1nncn1C. The number of likely N-dealkylation sites (tertiary alicyclic amines) is 1. The number of amides is 2. The molecule has 1 fully saturated rings. The largest absolute Gasteiger partial charge is 0.328 e. The second-order valence-corrected chi connectivity index (χ2v) is 6.14. The van der Waals surface area contributed by atoms with Crippen LogP contribution in [0, 0.1) is 0 Å². The van der Waals surface area contributed by atoms with Gasteiger partial charge in [-0.15, -0.1) is 10.2 Å². The topological polar surface area (TPSA) is 63.1 Å². The maximum absolute atomic E-state index is 12.4. The molecule has 1 aliphatic rings. The third-order valence-electron chi connectivity index (χ3n) is 4.53. The number of carbonyl (C=O) groups is 1. The van der Waals surface area contributed by atoms with Crippen LogP contribution in [0.25, 0.3) is 0 Å². The third kappa shape index (κ3) is 3.52. The first-order valence-electron chi connectivity index (χ1n) is 8.09. The Labute approximate surface area is 136 Å². The summed E-state index contributed by atoms with van der Waals surface area (Å²) in [5.41, 5.74) is 1.38. The molecule has 1 aliphatic heterocycles. The lowest BCUT2D eigenvalue weighted by Gasteiger charge is -2.33. The zero-order valence-corrected chi connectivity index (χ0v) is 13.6. The lowest BCUT2D eigenvalue weighted by Crippen LogP contribution is -2.45. The standard InChI is InChI=1S/C17H23N5O/c1-13(16-20-18-12-21(16)2)19-17(23)22-10-8-15(9-11-22)14-6-4-3-5-7-14/h3-7,12-13,15H,8-11H2,1-2H3,(H,19,23)/t13-/m1/s1. The van der Waals surface area contributed by atoms with Crippen LogP contribution < -0.4 is 5.32 Å². The molecule has 2 heterocycles. The van der Waals surface area contributed by atoms with Gasteiger partial charge in [-0.2, -0.15) is 0 Å². The Morgan fingerprint density at radius 1 is 1.26 bits per heavy atom. The minimum atomic E-state index is -0.151. The summed E-state index contributed by atoms with van der Waals surface area (Å²) in [7, 11) is 1.88. The summed E-state index contributed by atoms with van der Waals surface area (Å²) in [6, 6.07) is 10.4. The van der Waals surface area contributed by atoms with Crippen molar-refractivity contribution < 1.29 is 4.79 Å². The van der Waals surface area contributed by atoms with E-state index in [1.165, 1.54) is 5.56 Å². The summed E-state index contributed by atoms with van der Waals surface area (Å²) in [5, 5.41) is 10.9.